The highest BCUT2D eigenvalue weighted by Gasteiger charge is 2.53. The number of aliphatic hydroxyl groups is 3. The maximum Gasteiger partial charge on any atom is 0.306 e. The van der Waals surface area contributed by atoms with E-state index < -0.39 is 86.6 Å². The second-order valence-corrected chi connectivity index (χ2v) is 11.8. The van der Waals surface area contributed by atoms with Gasteiger partial charge in [0, 0.05) is 26.7 Å². The largest absolute Gasteiger partial charge is 0.463 e. The van der Waals surface area contributed by atoms with Crippen LogP contribution in [0.4, 0.5) is 0 Å². The number of rotatable bonds is 25. The molecule has 46 heavy (non-hydrogen) atoms. The minimum atomic E-state index is -1.54. The predicted molar refractivity (Wildman–Crippen MR) is 166 cm³/mol. The first kappa shape index (κ1) is 41.7. The van der Waals surface area contributed by atoms with E-state index in [-0.39, 0.29) is 12.8 Å². The molecule has 0 unspecified atom stereocenters. The van der Waals surface area contributed by atoms with Gasteiger partial charge < -0.3 is 43.7 Å². The summed E-state index contributed by atoms with van der Waals surface area (Å²) >= 11 is 0. The average Bonchev–Trinajstić information content (AvgIpc) is 3.02. The molecule has 1 saturated heterocycles. The molecule has 0 aromatic heterocycles. The summed E-state index contributed by atoms with van der Waals surface area (Å²) in [6.45, 7) is 4.35. The van der Waals surface area contributed by atoms with Gasteiger partial charge >= 0.3 is 23.9 Å². The topological polar surface area (TPSA) is 184 Å². The fraction of sp³-hybridized carbons (Fsp3) is 0.879. The molecule has 3 N–H and O–H groups in total. The molecule has 1 rings (SSSR count). The van der Waals surface area contributed by atoms with Crippen molar-refractivity contribution in [2.45, 2.75) is 167 Å². The zero-order valence-electron chi connectivity index (χ0n) is 28.2. The lowest BCUT2D eigenvalue weighted by atomic mass is 9.98. The number of hydrogen-bond donors (Lipinski definition) is 3. The van der Waals surface area contributed by atoms with Crippen LogP contribution in [0, 0.1) is 0 Å². The molecule has 0 aromatic rings. The van der Waals surface area contributed by atoms with Crippen LogP contribution >= 0.6 is 0 Å². The second-order valence-electron chi connectivity index (χ2n) is 11.8. The first-order chi connectivity index (χ1) is 22.0. The van der Waals surface area contributed by atoms with Crippen molar-refractivity contribution in [3.05, 3.63) is 0 Å². The Morgan fingerprint density at radius 1 is 0.674 bits per heavy atom. The highest BCUT2D eigenvalue weighted by atomic mass is 16.7. The third kappa shape index (κ3) is 17.6. The van der Waals surface area contributed by atoms with E-state index in [1.165, 1.54) is 58.3 Å². The second kappa shape index (κ2) is 24.8. The van der Waals surface area contributed by atoms with Crippen LogP contribution in [0.3, 0.4) is 0 Å². The predicted octanol–water partition coefficient (Wildman–Crippen LogP) is 3.65. The number of carbonyl (C=O) groups is 4. The van der Waals surface area contributed by atoms with E-state index in [2.05, 4.69) is 6.92 Å². The molecule has 13 heteroatoms. The van der Waals surface area contributed by atoms with Gasteiger partial charge in [-0.15, -0.1) is 0 Å². The van der Waals surface area contributed by atoms with Crippen LogP contribution in [0.1, 0.15) is 124 Å². The van der Waals surface area contributed by atoms with Crippen molar-refractivity contribution in [2.24, 2.45) is 0 Å². The molecule has 1 aliphatic heterocycles. The standard InChI is InChI=1S/C33H58O13/c1-5-7-8-9-10-11-12-13-14-15-16-17-18-19-29(40)46-31-30(43-24(4)36)27(22-41-23(3)35)44-33(32(31)45-28(39)6-2)42-21-26(38)25(37)20-34/h25-27,30-34,37-38H,5-22H2,1-4H3/t25-,26+,27+,30+,31-,32-,33+/m0/s1. The third-order valence-corrected chi connectivity index (χ3v) is 7.71. The van der Waals surface area contributed by atoms with Gasteiger partial charge in [-0.2, -0.15) is 0 Å². The molecule has 1 heterocycles. The molecule has 1 fully saturated rings. The molecule has 13 nitrogen and oxygen atoms in total. The Kier molecular flexibility index (Phi) is 22.5. The Hall–Kier alpha value is -2.32. The number of unbranched alkanes of at least 4 members (excludes halogenated alkanes) is 12. The number of hydrogen-bond acceptors (Lipinski definition) is 13. The van der Waals surface area contributed by atoms with Crippen LogP contribution in [-0.2, 0) is 47.6 Å². The molecule has 0 radical (unpaired) electrons. The minimum Gasteiger partial charge on any atom is -0.463 e. The summed E-state index contributed by atoms with van der Waals surface area (Å²) in [7, 11) is 0. The summed E-state index contributed by atoms with van der Waals surface area (Å²) in [4.78, 5) is 49.1. The van der Waals surface area contributed by atoms with Crippen LogP contribution in [0.15, 0.2) is 0 Å². The Labute approximate surface area is 273 Å². The normalized spacial score (nSPS) is 22.5. The number of esters is 4. The van der Waals surface area contributed by atoms with Crippen LogP contribution in [0.2, 0.25) is 0 Å². The molecule has 1 aliphatic rings. The smallest absolute Gasteiger partial charge is 0.306 e. The van der Waals surface area contributed by atoms with E-state index in [0.717, 1.165) is 32.6 Å². The molecule has 0 amide bonds. The number of aliphatic hydroxyl groups excluding tert-OH is 3. The zero-order valence-corrected chi connectivity index (χ0v) is 28.2. The average molecular weight is 663 g/mol. The Bertz CT molecular complexity index is 866. The zero-order chi connectivity index (χ0) is 34.3. The number of carbonyl (C=O) groups excluding carboxylic acids is 4. The SMILES string of the molecule is CCCCCCCCCCCCCCCC(=O)O[C@@H]1[C@H](OC(=O)CC)[C@H](OC[C@@H](O)[C@@H](O)CO)O[C@H](COC(C)=O)[C@H]1OC(C)=O. The van der Waals surface area contributed by atoms with Crippen molar-refractivity contribution < 1.29 is 62.9 Å². The summed E-state index contributed by atoms with van der Waals surface area (Å²) in [6.07, 6.45) is 4.95. The molecule has 0 aliphatic carbocycles. The molecular weight excluding hydrogens is 604 g/mol. The fourth-order valence-corrected chi connectivity index (χ4v) is 5.10. The van der Waals surface area contributed by atoms with E-state index >= 15 is 0 Å². The van der Waals surface area contributed by atoms with Gasteiger partial charge in [0.15, 0.2) is 24.6 Å². The highest BCUT2D eigenvalue weighted by molar-refractivity contribution is 5.71. The van der Waals surface area contributed by atoms with Gasteiger partial charge in [0.2, 0.25) is 0 Å². The lowest BCUT2D eigenvalue weighted by Crippen LogP contribution is -2.63. The summed E-state index contributed by atoms with van der Waals surface area (Å²) in [5, 5.41) is 29.0. The Morgan fingerprint density at radius 2 is 1.22 bits per heavy atom. The van der Waals surface area contributed by atoms with Crippen LogP contribution in [0.25, 0.3) is 0 Å². The van der Waals surface area contributed by atoms with E-state index in [4.69, 9.17) is 33.5 Å². The minimum absolute atomic E-state index is 0.0518. The monoisotopic (exact) mass is 662 g/mol. The van der Waals surface area contributed by atoms with Crippen molar-refractivity contribution in [3.8, 4) is 0 Å². The van der Waals surface area contributed by atoms with Crippen molar-refractivity contribution >= 4 is 23.9 Å². The Balaban J connectivity index is 2.87. The van der Waals surface area contributed by atoms with Gasteiger partial charge in [0.1, 0.15) is 24.9 Å². The molecule has 0 saturated carbocycles. The molecule has 268 valence electrons. The summed E-state index contributed by atoms with van der Waals surface area (Å²) in [6, 6.07) is 0. The van der Waals surface area contributed by atoms with Crippen LogP contribution < -0.4 is 0 Å². The third-order valence-electron chi connectivity index (χ3n) is 7.71. The number of ether oxygens (including phenoxy) is 6. The molecular formula is C33H58O13. The van der Waals surface area contributed by atoms with Gasteiger partial charge in [0.25, 0.3) is 0 Å². The van der Waals surface area contributed by atoms with Gasteiger partial charge in [-0.25, -0.2) is 0 Å². The Morgan fingerprint density at radius 3 is 1.72 bits per heavy atom. The van der Waals surface area contributed by atoms with E-state index in [0.29, 0.717) is 6.42 Å². The first-order valence-electron chi connectivity index (χ1n) is 17.0. The van der Waals surface area contributed by atoms with Crippen molar-refractivity contribution in [1.29, 1.82) is 0 Å². The van der Waals surface area contributed by atoms with Crippen LogP contribution in [0.5, 0.6) is 0 Å². The highest BCUT2D eigenvalue weighted by Crippen LogP contribution is 2.31. The van der Waals surface area contributed by atoms with E-state index in [1.807, 2.05) is 0 Å². The van der Waals surface area contributed by atoms with Gasteiger partial charge in [-0.3, -0.25) is 19.2 Å². The lowest BCUT2D eigenvalue weighted by molar-refractivity contribution is -0.312. The molecule has 0 aromatic carbocycles. The van der Waals surface area contributed by atoms with E-state index in [1.54, 1.807) is 6.92 Å². The van der Waals surface area contributed by atoms with E-state index in [9.17, 15) is 29.4 Å². The molecule has 0 bridgehead atoms. The lowest BCUT2D eigenvalue weighted by Gasteiger charge is -2.44. The van der Waals surface area contributed by atoms with Gasteiger partial charge in [-0.05, 0) is 6.42 Å². The van der Waals surface area contributed by atoms with Crippen molar-refractivity contribution in [1.82, 2.24) is 0 Å². The maximum atomic E-state index is 13.0. The van der Waals surface area contributed by atoms with Crippen molar-refractivity contribution in [2.75, 3.05) is 19.8 Å². The quantitative estimate of drug-likeness (QED) is 0.0732. The summed E-state index contributed by atoms with van der Waals surface area (Å²) < 4.78 is 33.3. The van der Waals surface area contributed by atoms with Gasteiger partial charge in [-0.1, -0.05) is 90.9 Å². The van der Waals surface area contributed by atoms with Crippen LogP contribution in [-0.4, -0.2) is 102 Å². The summed E-state index contributed by atoms with van der Waals surface area (Å²) in [5.74, 6) is -2.72. The molecule has 7 atom stereocenters. The van der Waals surface area contributed by atoms with Crippen molar-refractivity contribution in [3.63, 3.8) is 0 Å². The first-order valence-corrected chi connectivity index (χ1v) is 17.0. The maximum absolute atomic E-state index is 13.0. The summed E-state index contributed by atoms with van der Waals surface area (Å²) in [5.41, 5.74) is 0. The molecule has 0 spiro atoms. The fourth-order valence-electron chi connectivity index (χ4n) is 5.10. The van der Waals surface area contributed by atoms with Gasteiger partial charge in [0.05, 0.1) is 13.2 Å².